The average molecular weight is 266 g/mol. The van der Waals surface area contributed by atoms with Gasteiger partial charge in [-0.25, -0.2) is 4.98 Å². The van der Waals surface area contributed by atoms with E-state index in [1.807, 2.05) is 13.8 Å². The SMILES string of the molecule is CC(C)c1ccc(Br)nc1OC(F)F. The van der Waals surface area contributed by atoms with E-state index in [4.69, 9.17) is 0 Å². The molecule has 0 amide bonds. The Balaban J connectivity index is 3.03. The van der Waals surface area contributed by atoms with Gasteiger partial charge in [0.25, 0.3) is 0 Å². The van der Waals surface area contributed by atoms with Gasteiger partial charge in [-0.05, 0) is 27.9 Å². The summed E-state index contributed by atoms with van der Waals surface area (Å²) in [5, 5.41) is 0. The molecule has 1 heterocycles. The summed E-state index contributed by atoms with van der Waals surface area (Å²) < 4.78 is 28.8. The minimum absolute atomic E-state index is 0.00984. The summed E-state index contributed by atoms with van der Waals surface area (Å²) in [6, 6.07) is 3.42. The van der Waals surface area contributed by atoms with Gasteiger partial charge in [0.1, 0.15) is 4.60 Å². The van der Waals surface area contributed by atoms with Crippen molar-refractivity contribution in [1.82, 2.24) is 4.98 Å². The van der Waals surface area contributed by atoms with Gasteiger partial charge < -0.3 is 4.74 Å². The van der Waals surface area contributed by atoms with Crippen molar-refractivity contribution in [2.24, 2.45) is 0 Å². The average Bonchev–Trinajstić information content (AvgIpc) is 2.01. The van der Waals surface area contributed by atoms with Crippen molar-refractivity contribution in [1.29, 1.82) is 0 Å². The van der Waals surface area contributed by atoms with Crippen molar-refractivity contribution in [2.75, 3.05) is 0 Å². The highest BCUT2D eigenvalue weighted by Gasteiger charge is 2.13. The number of hydrogen-bond acceptors (Lipinski definition) is 2. The standard InChI is InChI=1S/C9H10BrF2NO/c1-5(2)6-3-4-7(10)13-8(6)14-9(11)12/h3-5,9H,1-2H3. The molecule has 0 spiro atoms. The molecule has 0 N–H and O–H groups in total. The number of hydrogen-bond donors (Lipinski definition) is 0. The maximum atomic E-state index is 12.0. The van der Waals surface area contributed by atoms with Crippen LogP contribution in [0.5, 0.6) is 5.88 Å². The van der Waals surface area contributed by atoms with Crippen LogP contribution in [0.15, 0.2) is 16.7 Å². The summed E-state index contributed by atoms with van der Waals surface area (Å²) in [5.41, 5.74) is 0.675. The van der Waals surface area contributed by atoms with E-state index in [0.717, 1.165) is 0 Å². The first-order valence-corrected chi connectivity index (χ1v) is 4.91. The van der Waals surface area contributed by atoms with E-state index in [2.05, 4.69) is 25.7 Å². The maximum absolute atomic E-state index is 12.0. The van der Waals surface area contributed by atoms with Crippen LogP contribution in [0, 0.1) is 0 Å². The maximum Gasteiger partial charge on any atom is 0.388 e. The number of pyridine rings is 1. The van der Waals surface area contributed by atoms with Crippen LogP contribution in [0.3, 0.4) is 0 Å². The molecule has 0 atom stereocenters. The summed E-state index contributed by atoms with van der Waals surface area (Å²) in [5.74, 6) is 0.0914. The molecule has 2 nitrogen and oxygen atoms in total. The first-order valence-electron chi connectivity index (χ1n) is 4.12. The Morgan fingerprint density at radius 1 is 1.36 bits per heavy atom. The Kier molecular flexibility index (Phi) is 3.80. The fourth-order valence-electron chi connectivity index (χ4n) is 1.05. The zero-order chi connectivity index (χ0) is 10.7. The molecular formula is C9H10BrF2NO. The predicted octanol–water partition coefficient (Wildman–Crippen LogP) is 3.57. The molecule has 0 aliphatic carbocycles. The molecule has 0 saturated carbocycles. The van der Waals surface area contributed by atoms with Crippen LogP contribution in [0.1, 0.15) is 25.3 Å². The lowest BCUT2D eigenvalue weighted by Gasteiger charge is -2.11. The molecule has 0 fully saturated rings. The van der Waals surface area contributed by atoms with Gasteiger partial charge in [-0.3, -0.25) is 0 Å². The molecule has 0 saturated heterocycles. The molecule has 0 aliphatic heterocycles. The molecule has 5 heteroatoms. The van der Waals surface area contributed by atoms with E-state index in [0.29, 0.717) is 10.2 Å². The summed E-state index contributed by atoms with van der Waals surface area (Å²) in [7, 11) is 0. The van der Waals surface area contributed by atoms with Gasteiger partial charge in [0.05, 0.1) is 0 Å². The van der Waals surface area contributed by atoms with E-state index in [1.165, 1.54) is 0 Å². The Morgan fingerprint density at radius 3 is 2.50 bits per heavy atom. The number of rotatable bonds is 3. The zero-order valence-electron chi connectivity index (χ0n) is 7.80. The van der Waals surface area contributed by atoms with Crippen LogP contribution >= 0.6 is 15.9 Å². The quantitative estimate of drug-likeness (QED) is 0.780. The zero-order valence-corrected chi connectivity index (χ0v) is 9.38. The molecule has 0 unspecified atom stereocenters. The molecule has 1 rings (SSSR count). The van der Waals surface area contributed by atoms with Crippen molar-refractivity contribution in [3.05, 3.63) is 22.3 Å². The third kappa shape index (κ3) is 2.90. The van der Waals surface area contributed by atoms with E-state index in [9.17, 15) is 8.78 Å². The molecule has 0 aromatic carbocycles. The predicted molar refractivity (Wildman–Crippen MR) is 52.7 cm³/mol. The molecule has 78 valence electrons. The van der Waals surface area contributed by atoms with Crippen molar-refractivity contribution in [2.45, 2.75) is 26.4 Å². The lowest BCUT2D eigenvalue weighted by atomic mass is 10.1. The lowest BCUT2D eigenvalue weighted by molar-refractivity contribution is -0.0537. The first kappa shape index (κ1) is 11.4. The van der Waals surface area contributed by atoms with E-state index in [-0.39, 0.29) is 11.8 Å². The van der Waals surface area contributed by atoms with Crippen molar-refractivity contribution >= 4 is 15.9 Å². The minimum atomic E-state index is -2.84. The fraction of sp³-hybridized carbons (Fsp3) is 0.444. The lowest BCUT2D eigenvalue weighted by Crippen LogP contribution is -2.07. The Hall–Kier alpha value is -0.710. The number of aromatic nitrogens is 1. The van der Waals surface area contributed by atoms with Gasteiger partial charge in [0.15, 0.2) is 0 Å². The largest absolute Gasteiger partial charge is 0.417 e. The van der Waals surface area contributed by atoms with E-state index < -0.39 is 6.61 Å². The third-order valence-electron chi connectivity index (χ3n) is 1.68. The number of ether oxygens (including phenoxy) is 1. The smallest absolute Gasteiger partial charge is 0.388 e. The second-order valence-corrected chi connectivity index (χ2v) is 3.87. The topological polar surface area (TPSA) is 22.1 Å². The summed E-state index contributed by atoms with van der Waals surface area (Å²) in [4.78, 5) is 3.85. The Labute approximate surface area is 89.4 Å². The van der Waals surface area contributed by atoms with Crippen molar-refractivity contribution in [3.63, 3.8) is 0 Å². The fourth-order valence-corrected chi connectivity index (χ4v) is 1.34. The molecule has 0 bridgehead atoms. The highest BCUT2D eigenvalue weighted by atomic mass is 79.9. The van der Waals surface area contributed by atoms with Gasteiger partial charge in [-0.2, -0.15) is 8.78 Å². The monoisotopic (exact) mass is 265 g/mol. The number of alkyl halides is 2. The van der Waals surface area contributed by atoms with Gasteiger partial charge in [-0.15, -0.1) is 0 Å². The molecule has 0 aliphatic rings. The van der Waals surface area contributed by atoms with E-state index >= 15 is 0 Å². The normalized spacial score (nSPS) is 11.1. The number of nitrogens with zero attached hydrogens (tertiary/aromatic N) is 1. The molecule has 1 aromatic rings. The second-order valence-electron chi connectivity index (χ2n) is 3.06. The highest BCUT2D eigenvalue weighted by molar-refractivity contribution is 9.10. The Bertz CT molecular complexity index is 318. The van der Waals surface area contributed by atoms with E-state index in [1.54, 1.807) is 12.1 Å². The van der Waals surface area contributed by atoms with Crippen LogP contribution in [0.4, 0.5) is 8.78 Å². The van der Waals surface area contributed by atoms with Gasteiger partial charge >= 0.3 is 6.61 Å². The summed E-state index contributed by atoms with van der Waals surface area (Å²) >= 11 is 3.10. The number of halogens is 3. The molecule has 0 radical (unpaired) electrons. The highest BCUT2D eigenvalue weighted by Crippen LogP contribution is 2.27. The first-order chi connectivity index (χ1) is 6.50. The van der Waals surface area contributed by atoms with Crippen LogP contribution in [0.2, 0.25) is 0 Å². The molecule has 1 aromatic heterocycles. The van der Waals surface area contributed by atoms with Crippen LogP contribution < -0.4 is 4.74 Å². The van der Waals surface area contributed by atoms with Gasteiger partial charge in [0.2, 0.25) is 5.88 Å². The van der Waals surface area contributed by atoms with Gasteiger partial charge in [-0.1, -0.05) is 19.9 Å². The summed E-state index contributed by atoms with van der Waals surface area (Å²) in [6.45, 7) is 0.946. The van der Waals surface area contributed by atoms with Crippen LogP contribution in [-0.2, 0) is 0 Å². The Morgan fingerprint density at radius 2 is 2.00 bits per heavy atom. The summed E-state index contributed by atoms with van der Waals surface area (Å²) in [6.07, 6.45) is 0. The van der Waals surface area contributed by atoms with Crippen molar-refractivity contribution in [3.8, 4) is 5.88 Å². The van der Waals surface area contributed by atoms with Crippen LogP contribution in [-0.4, -0.2) is 11.6 Å². The third-order valence-corrected chi connectivity index (χ3v) is 2.12. The van der Waals surface area contributed by atoms with Crippen molar-refractivity contribution < 1.29 is 13.5 Å². The van der Waals surface area contributed by atoms with Gasteiger partial charge in [0, 0.05) is 5.56 Å². The van der Waals surface area contributed by atoms with Crippen LogP contribution in [0.25, 0.3) is 0 Å². The molecule has 14 heavy (non-hydrogen) atoms. The molecular weight excluding hydrogens is 256 g/mol. The second kappa shape index (κ2) is 4.68. The minimum Gasteiger partial charge on any atom is -0.417 e.